The van der Waals surface area contributed by atoms with Gasteiger partial charge >= 0.3 is 11.9 Å². The van der Waals surface area contributed by atoms with Crippen molar-refractivity contribution < 1.29 is 24.9 Å². The number of hydrogen-bond acceptors (Lipinski definition) is 11. The number of aliphatic carboxylic acids is 2. The Hall–Kier alpha value is -6.02. The third-order valence-corrected chi connectivity index (χ3v) is 8.50. The standard InChI is InChI=1S/C38H38N8O5/c1-22-29(5-3-7-31(22)45-37-35-26(9-11-41-37)13-24(18-43-35)16-39-20-28(47)15-33(48)49)30-6-4-8-32(23(30)2)46-38-36-27(10-12-42-38)14-25(19-44-36)17-40-21-34(50)51/h3-14,18-19,28,39-40,47H,15-17,20-21H2,1-2H3,(H,41,45)(H,42,46)(H,48,49)(H,50,51)/t28-/m0/s1. The van der Waals surface area contributed by atoms with E-state index < -0.39 is 18.0 Å². The van der Waals surface area contributed by atoms with E-state index in [0.717, 1.165) is 55.5 Å². The van der Waals surface area contributed by atoms with Gasteiger partial charge in [-0.05, 0) is 83.6 Å². The Kier molecular flexibility index (Phi) is 10.7. The van der Waals surface area contributed by atoms with E-state index in [1.54, 1.807) is 24.8 Å². The Bertz CT molecular complexity index is 2230. The summed E-state index contributed by atoms with van der Waals surface area (Å²) >= 11 is 0. The fourth-order valence-corrected chi connectivity index (χ4v) is 5.94. The number of carboxylic acid groups (broad SMARTS) is 2. The lowest BCUT2D eigenvalue weighted by Gasteiger charge is -2.18. The van der Waals surface area contributed by atoms with Crippen LogP contribution in [0.3, 0.4) is 0 Å². The molecule has 0 aliphatic rings. The largest absolute Gasteiger partial charge is 0.481 e. The van der Waals surface area contributed by atoms with E-state index in [9.17, 15) is 14.7 Å². The number of nitrogens with zero attached hydrogens (tertiary/aromatic N) is 4. The number of aliphatic hydroxyl groups excluding tert-OH is 1. The third-order valence-electron chi connectivity index (χ3n) is 8.50. The number of anilines is 4. The van der Waals surface area contributed by atoms with Gasteiger partial charge in [0.1, 0.15) is 11.0 Å². The van der Waals surface area contributed by atoms with E-state index in [0.29, 0.717) is 35.8 Å². The maximum atomic E-state index is 10.9. The van der Waals surface area contributed by atoms with Crippen molar-refractivity contribution >= 4 is 56.8 Å². The van der Waals surface area contributed by atoms with Gasteiger partial charge in [-0.2, -0.15) is 0 Å². The second-order valence-corrected chi connectivity index (χ2v) is 12.2. The summed E-state index contributed by atoms with van der Waals surface area (Å²) in [5.41, 5.74) is 9.14. The molecule has 2 aromatic carbocycles. The highest BCUT2D eigenvalue weighted by molar-refractivity contribution is 5.92. The number of pyridine rings is 4. The smallest absolute Gasteiger partial charge is 0.317 e. The van der Waals surface area contributed by atoms with E-state index >= 15 is 0 Å². The normalized spacial score (nSPS) is 11.8. The van der Waals surface area contributed by atoms with Gasteiger partial charge in [0.2, 0.25) is 0 Å². The highest BCUT2D eigenvalue weighted by Gasteiger charge is 2.15. The predicted octanol–water partition coefficient (Wildman–Crippen LogP) is 5.44. The minimum Gasteiger partial charge on any atom is -0.481 e. The van der Waals surface area contributed by atoms with Crippen molar-refractivity contribution in [2.45, 2.75) is 39.5 Å². The maximum Gasteiger partial charge on any atom is 0.317 e. The number of benzene rings is 2. The van der Waals surface area contributed by atoms with Gasteiger partial charge in [-0.1, -0.05) is 24.3 Å². The Morgan fingerprint density at radius 3 is 1.69 bits per heavy atom. The molecule has 13 heteroatoms. The van der Waals surface area contributed by atoms with Crippen LogP contribution < -0.4 is 21.3 Å². The van der Waals surface area contributed by atoms with Crippen LogP contribution in [-0.4, -0.2) is 66.4 Å². The number of rotatable bonds is 15. The van der Waals surface area contributed by atoms with Crippen LogP contribution in [0.25, 0.3) is 32.9 Å². The zero-order chi connectivity index (χ0) is 35.9. The first kappa shape index (κ1) is 34.8. The molecule has 0 saturated heterocycles. The van der Waals surface area contributed by atoms with Crippen molar-refractivity contribution in [2.24, 2.45) is 0 Å². The lowest BCUT2D eigenvalue weighted by atomic mass is 9.94. The van der Waals surface area contributed by atoms with Crippen molar-refractivity contribution in [3.63, 3.8) is 0 Å². The maximum absolute atomic E-state index is 10.9. The molecular formula is C38H38N8O5. The number of nitrogens with one attached hydrogen (secondary N) is 4. The molecule has 0 spiro atoms. The van der Waals surface area contributed by atoms with E-state index in [2.05, 4.69) is 67.2 Å². The SMILES string of the molecule is Cc1c(Nc2nccc3cc(CNCC(=O)O)cnc23)cccc1-c1cccc(Nc2nccc3cc(CNC[C@@H](O)CC(=O)O)cnc23)c1C. The van der Waals surface area contributed by atoms with E-state index in [1.807, 2.05) is 48.5 Å². The molecule has 0 fully saturated rings. The average molecular weight is 687 g/mol. The van der Waals surface area contributed by atoms with Crippen LogP contribution in [0.2, 0.25) is 0 Å². The first-order chi connectivity index (χ1) is 24.7. The van der Waals surface area contributed by atoms with E-state index in [1.165, 1.54) is 0 Å². The molecule has 0 unspecified atom stereocenters. The van der Waals surface area contributed by atoms with Gasteiger partial charge in [0.25, 0.3) is 0 Å². The summed E-state index contributed by atoms with van der Waals surface area (Å²) < 4.78 is 0. The molecule has 0 radical (unpaired) electrons. The Morgan fingerprint density at radius 1 is 0.686 bits per heavy atom. The van der Waals surface area contributed by atoms with Gasteiger partial charge in [-0.25, -0.2) is 9.97 Å². The van der Waals surface area contributed by atoms with Crippen LogP contribution in [0.5, 0.6) is 0 Å². The molecule has 0 amide bonds. The van der Waals surface area contributed by atoms with Crippen LogP contribution >= 0.6 is 0 Å². The number of hydrogen-bond donors (Lipinski definition) is 7. The summed E-state index contributed by atoms with van der Waals surface area (Å²) in [6.07, 6.45) is 5.65. The number of aromatic nitrogens is 4. The first-order valence-corrected chi connectivity index (χ1v) is 16.4. The van der Waals surface area contributed by atoms with Crippen LogP contribution in [0.1, 0.15) is 28.7 Å². The minimum absolute atomic E-state index is 0.125. The molecule has 6 rings (SSSR count). The number of carboxylic acids is 2. The lowest BCUT2D eigenvalue weighted by Crippen LogP contribution is -2.28. The Balaban J connectivity index is 1.20. The zero-order valence-corrected chi connectivity index (χ0v) is 28.1. The van der Waals surface area contributed by atoms with Crippen molar-refractivity contribution in [3.05, 3.63) is 108 Å². The van der Waals surface area contributed by atoms with Crippen molar-refractivity contribution in [1.82, 2.24) is 30.6 Å². The lowest BCUT2D eigenvalue weighted by molar-refractivity contribution is -0.139. The fourth-order valence-electron chi connectivity index (χ4n) is 5.94. The Labute approximate surface area is 293 Å². The molecule has 4 heterocycles. The van der Waals surface area contributed by atoms with Gasteiger partial charge in [0.15, 0.2) is 11.6 Å². The number of carbonyl (C=O) groups is 2. The highest BCUT2D eigenvalue weighted by atomic mass is 16.4. The van der Waals surface area contributed by atoms with E-state index in [4.69, 9.17) is 10.2 Å². The molecule has 1 atom stereocenters. The minimum atomic E-state index is -1.04. The van der Waals surface area contributed by atoms with Crippen molar-refractivity contribution in [2.75, 3.05) is 23.7 Å². The third kappa shape index (κ3) is 8.41. The molecule has 51 heavy (non-hydrogen) atoms. The monoisotopic (exact) mass is 686 g/mol. The van der Waals surface area contributed by atoms with Gasteiger partial charge < -0.3 is 36.6 Å². The summed E-state index contributed by atoms with van der Waals surface area (Å²) in [5.74, 6) is -0.716. The second kappa shape index (κ2) is 15.7. The quantitative estimate of drug-likeness (QED) is 0.0722. The summed E-state index contributed by atoms with van der Waals surface area (Å²) in [6, 6.07) is 20.0. The summed E-state index contributed by atoms with van der Waals surface area (Å²) in [7, 11) is 0. The Morgan fingerprint density at radius 2 is 1.20 bits per heavy atom. The number of fused-ring (bicyclic) bond motifs is 2. The van der Waals surface area contributed by atoms with Crippen LogP contribution in [0.15, 0.2) is 85.5 Å². The molecule has 0 aliphatic carbocycles. The predicted molar refractivity (Wildman–Crippen MR) is 196 cm³/mol. The van der Waals surface area contributed by atoms with Crippen molar-refractivity contribution in [1.29, 1.82) is 0 Å². The van der Waals surface area contributed by atoms with Crippen LogP contribution in [0, 0.1) is 13.8 Å². The topological polar surface area (TPSA) is 195 Å². The van der Waals surface area contributed by atoms with Gasteiger partial charge in [-0.15, -0.1) is 0 Å². The molecule has 0 saturated carbocycles. The molecule has 7 N–H and O–H groups in total. The second-order valence-electron chi connectivity index (χ2n) is 12.2. The van der Waals surface area contributed by atoms with Gasteiger partial charge in [-0.3, -0.25) is 19.6 Å². The first-order valence-electron chi connectivity index (χ1n) is 16.4. The van der Waals surface area contributed by atoms with Crippen LogP contribution in [0.4, 0.5) is 23.0 Å². The molecule has 260 valence electrons. The van der Waals surface area contributed by atoms with Gasteiger partial charge in [0.05, 0.1) is 19.1 Å². The zero-order valence-electron chi connectivity index (χ0n) is 28.1. The van der Waals surface area contributed by atoms with Crippen LogP contribution in [-0.2, 0) is 22.7 Å². The summed E-state index contributed by atoms with van der Waals surface area (Å²) in [4.78, 5) is 40.2. The molecule has 0 aliphatic heterocycles. The fraction of sp³-hybridized carbons (Fsp3) is 0.211. The number of aliphatic hydroxyl groups is 1. The molecule has 4 aromatic heterocycles. The van der Waals surface area contributed by atoms with Crippen molar-refractivity contribution in [3.8, 4) is 11.1 Å². The molecule has 6 aromatic rings. The molecular weight excluding hydrogens is 648 g/mol. The van der Waals surface area contributed by atoms with Gasteiger partial charge in [0, 0.05) is 66.6 Å². The summed E-state index contributed by atoms with van der Waals surface area (Å²) in [6.45, 7) is 5.00. The molecule has 0 bridgehead atoms. The summed E-state index contributed by atoms with van der Waals surface area (Å²) in [5, 5.41) is 42.3. The van der Waals surface area contributed by atoms with E-state index in [-0.39, 0.29) is 19.5 Å². The molecule has 13 nitrogen and oxygen atoms in total. The average Bonchev–Trinajstić information content (AvgIpc) is 3.10. The highest BCUT2D eigenvalue weighted by Crippen LogP contribution is 2.36.